The lowest BCUT2D eigenvalue weighted by molar-refractivity contribution is 0.626. The molecule has 0 fully saturated rings. The third-order valence-electron chi connectivity index (χ3n) is 1.94. The van der Waals surface area contributed by atoms with Gasteiger partial charge in [0.15, 0.2) is 0 Å². The molecule has 0 aliphatic heterocycles. The Kier molecular flexibility index (Phi) is 1.61. The van der Waals surface area contributed by atoms with Gasteiger partial charge in [0, 0.05) is 12.3 Å². The molecule has 1 aromatic carbocycles. The molecule has 0 N–H and O–H groups in total. The molecule has 0 spiro atoms. The van der Waals surface area contributed by atoms with Crippen LogP contribution in [0.5, 0.6) is 0 Å². The van der Waals surface area contributed by atoms with E-state index in [1.54, 1.807) is 13.0 Å². The SMILES string of the molecule is [2H]c1cc([2H])c(-n2cc(C)ccc2=O)c([2H])c1F. The predicted molar refractivity (Wildman–Crippen MR) is 56.7 cm³/mol. The van der Waals surface area contributed by atoms with Crippen molar-refractivity contribution in [2.75, 3.05) is 0 Å². The van der Waals surface area contributed by atoms with Gasteiger partial charge in [0.1, 0.15) is 5.82 Å². The molecule has 15 heavy (non-hydrogen) atoms. The van der Waals surface area contributed by atoms with Gasteiger partial charge >= 0.3 is 0 Å². The molecular formula is C12H10FNO. The van der Waals surface area contributed by atoms with Gasteiger partial charge in [-0.1, -0.05) is 12.1 Å². The summed E-state index contributed by atoms with van der Waals surface area (Å²) in [4.78, 5) is 11.7. The molecule has 1 heterocycles. The number of benzene rings is 1. The van der Waals surface area contributed by atoms with Gasteiger partial charge in [-0.25, -0.2) is 4.39 Å². The van der Waals surface area contributed by atoms with Crippen LogP contribution in [0.4, 0.5) is 4.39 Å². The minimum absolute atomic E-state index is 0.141. The highest BCUT2D eigenvalue weighted by Gasteiger charge is 2.00. The first kappa shape index (κ1) is 6.56. The van der Waals surface area contributed by atoms with Crippen LogP contribution in [0.3, 0.4) is 0 Å². The van der Waals surface area contributed by atoms with Crippen molar-refractivity contribution in [3.05, 3.63) is 64.3 Å². The number of rotatable bonds is 1. The maximum Gasteiger partial charge on any atom is 0.255 e. The lowest BCUT2D eigenvalue weighted by atomic mass is 10.2. The highest BCUT2D eigenvalue weighted by Crippen LogP contribution is 2.07. The van der Waals surface area contributed by atoms with Gasteiger partial charge in [-0.15, -0.1) is 0 Å². The Morgan fingerprint density at radius 1 is 1.40 bits per heavy atom. The molecule has 0 unspecified atom stereocenters. The van der Waals surface area contributed by atoms with Crippen molar-refractivity contribution in [2.24, 2.45) is 0 Å². The third-order valence-corrected chi connectivity index (χ3v) is 1.94. The first-order chi connectivity index (χ1) is 8.41. The Labute approximate surface area is 90.8 Å². The molecule has 1 aromatic heterocycles. The van der Waals surface area contributed by atoms with Crippen LogP contribution in [0.25, 0.3) is 5.69 Å². The summed E-state index contributed by atoms with van der Waals surface area (Å²) in [5.41, 5.74) is 0.167. The van der Waals surface area contributed by atoms with Crippen LogP contribution in [0.2, 0.25) is 0 Å². The molecule has 2 aromatic rings. The van der Waals surface area contributed by atoms with E-state index in [1.807, 2.05) is 0 Å². The van der Waals surface area contributed by atoms with E-state index in [9.17, 15) is 9.18 Å². The zero-order chi connectivity index (χ0) is 13.4. The summed E-state index contributed by atoms with van der Waals surface area (Å²) < 4.78 is 37.1. The number of pyridine rings is 1. The van der Waals surface area contributed by atoms with Crippen molar-refractivity contribution in [3.63, 3.8) is 0 Å². The Balaban J connectivity index is 2.83. The molecule has 0 amide bonds. The number of aromatic nitrogens is 1. The fourth-order valence-corrected chi connectivity index (χ4v) is 1.24. The van der Waals surface area contributed by atoms with Crippen LogP contribution < -0.4 is 5.56 Å². The topological polar surface area (TPSA) is 22.0 Å². The van der Waals surface area contributed by atoms with Gasteiger partial charge in [-0.2, -0.15) is 0 Å². The van der Waals surface area contributed by atoms with Gasteiger partial charge in [-0.05, 0) is 30.6 Å². The summed E-state index contributed by atoms with van der Waals surface area (Å²) in [7, 11) is 0. The summed E-state index contributed by atoms with van der Waals surface area (Å²) in [5, 5.41) is 0. The molecule has 0 bridgehead atoms. The molecule has 0 saturated heterocycles. The standard InChI is InChI=1S/C12H10FNO/c1-9-5-6-12(15)14(8-9)11-4-2-3-10(13)7-11/h2-8H,1H3/i3D,4D,7D. The predicted octanol–water partition coefficient (Wildman–Crippen LogP) is 2.29. The fourth-order valence-electron chi connectivity index (χ4n) is 1.24. The van der Waals surface area contributed by atoms with Crippen LogP contribution in [0, 0.1) is 12.7 Å². The van der Waals surface area contributed by atoms with Gasteiger partial charge in [0.05, 0.1) is 9.80 Å². The Hall–Kier alpha value is -1.90. The molecule has 2 rings (SSSR count). The normalized spacial score (nSPS) is 13.1. The lowest BCUT2D eigenvalue weighted by Crippen LogP contribution is -2.16. The number of hydrogen-bond acceptors (Lipinski definition) is 1. The number of halogens is 1. The van der Waals surface area contributed by atoms with Gasteiger partial charge in [0.25, 0.3) is 5.56 Å². The minimum atomic E-state index is -1.03. The van der Waals surface area contributed by atoms with Crippen LogP contribution in [0.15, 0.2) is 47.3 Å². The van der Waals surface area contributed by atoms with Crippen LogP contribution in [0.1, 0.15) is 9.68 Å². The van der Waals surface area contributed by atoms with E-state index in [2.05, 4.69) is 0 Å². The third kappa shape index (κ3) is 1.96. The zero-order valence-electron chi connectivity index (χ0n) is 11.0. The summed E-state index contributed by atoms with van der Waals surface area (Å²) in [6, 6.07) is 2.52. The fraction of sp³-hybridized carbons (Fsp3) is 0.0833. The van der Waals surface area contributed by atoms with E-state index >= 15 is 0 Å². The largest absolute Gasteiger partial charge is 0.284 e. The lowest BCUT2D eigenvalue weighted by Gasteiger charge is -2.05. The summed E-state index contributed by atoms with van der Waals surface area (Å²) >= 11 is 0. The van der Waals surface area contributed by atoms with Gasteiger partial charge in [-0.3, -0.25) is 9.36 Å². The molecule has 0 radical (unpaired) electrons. The zero-order valence-corrected chi connectivity index (χ0v) is 8.04. The number of nitrogens with zero attached hydrogens (tertiary/aromatic N) is 1. The molecule has 0 aliphatic carbocycles. The van der Waals surface area contributed by atoms with Crippen molar-refractivity contribution in [1.29, 1.82) is 0 Å². The average molecular weight is 206 g/mol. The van der Waals surface area contributed by atoms with Crippen LogP contribution in [-0.2, 0) is 0 Å². The van der Waals surface area contributed by atoms with E-state index in [1.165, 1.54) is 12.3 Å². The van der Waals surface area contributed by atoms with Gasteiger partial charge in [0.2, 0.25) is 0 Å². The second-order valence-electron chi connectivity index (χ2n) is 3.14. The maximum absolute atomic E-state index is 13.5. The van der Waals surface area contributed by atoms with E-state index in [4.69, 9.17) is 4.11 Å². The van der Waals surface area contributed by atoms with E-state index < -0.39 is 23.5 Å². The van der Waals surface area contributed by atoms with Gasteiger partial charge < -0.3 is 0 Å². The van der Waals surface area contributed by atoms with Crippen LogP contribution >= 0.6 is 0 Å². The minimum Gasteiger partial charge on any atom is -0.284 e. The summed E-state index contributed by atoms with van der Waals surface area (Å²) in [6.07, 6.45) is 1.44. The molecular weight excluding hydrogens is 193 g/mol. The second kappa shape index (κ2) is 3.69. The molecule has 0 aliphatic rings. The molecule has 2 nitrogen and oxygen atoms in total. The average Bonchev–Trinajstić information content (AvgIpc) is 2.31. The van der Waals surface area contributed by atoms with Crippen molar-refractivity contribution in [1.82, 2.24) is 4.57 Å². The molecule has 0 saturated carbocycles. The Morgan fingerprint density at radius 2 is 2.20 bits per heavy atom. The smallest absolute Gasteiger partial charge is 0.255 e. The monoisotopic (exact) mass is 206 g/mol. The van der Waals surface area contributed by atoms with Crippen LogP contribution in [-0.4, -0.2) is 4.57 Å². The summed E-state index contributed by atoms with van der Waals surface area (Å²) in [5.74, 6) is -1.03. The Morgan fingerprint density at radius 3 is 3.00 bits per heavy atom. The van der Waals surface area contributed by atoms with E-state index in [-0.39, 0.29) is 11.7 Å². The Bertz CT molecular complexity index is 682. The maximum atomic E-state index is 13.5. The quantitative estimate of drug-likeness (QED) is 0.701. The van der Waals surface area contributed by atoms with Crippen molar-refractivity contribution < 1.29 is 8.50 Å². The van der Waals surface area contributed by atoms with Crippen molar-refractivity contribution >= 4 is 0 Å². The molecule has 76 valence electrons. The number of aryl methyl sites for hydroxylation is 1. The first-order valence-corrected chi connectivity index (χ1v) is 4.38. The number of hydrogen-bond donors (Lipinski definition) is 0. The van der Waals surface area contributed by atoms with E-state index in [0.717, 1.165) is 16.2 Å². The molecule has 0 atom stereocenters. The first-order valence-electron chi connectivity index (χ1n) is 5.88. The van der Waals surface area contributed by atoms with Crippen molar-refractivity contribution in [2.45, 2.75) is 6.92 Å². The summed E-state index contributed by atoms with van der Waals surface area (Å²) in [6.45, 7) is 1.75. The molecule has 3 heteroatoms. The van der Waals surface area contributed by atoms with Crippen molar-refractivity contribution in [3.8, 4) is 5.69 Å². The highest BCUT2D eigenvalue weighted by atomic mass is 19.1. The second-order valence-corrected chi connectivity index (χ2v) is 3.14. The van der Waals surface area contributed by atoms with E-state index in [0.29, 0.717) is 0 Å². The highest BCUT2D eigenvalue weighted by molar-refractivity contribution is 5.33.